The molecule has 7 nitrogen and oxygen atoms in total. The lowest BCUT2D eigenvalue weighted by atomic mass is 10.0. The topological polar surface area (TPSA) is 95.9 Å². The van der Waals surface area contributed by atoms with Gasteiger partial charge in [0.05, 0.1) is 18.9 Å². The summed E-state index contributed by atoms with van der Waals surface area (Å²) >= 11 is 0. The Morgan fingerprint density at radius 3 is 2.60 bits per heavy atom. The summed E-state index contributed by atoms with van der Waals surface area (Å²) in [4.78, 5) is 37.2. The first-order chi connectivity index (χ1) is 12.0. The van der Waals surface area contributed by atoms with Gasteiger partial charge in [-0.25, -0.2) is 0 Å². The summed E-state index contributed by atoms with van der Waals surface area (Å²) in [5.74, 6) is -1.67. The second-order valence-corrected chi connectivity index (χ2v) is 6.17. The fraction of sp³-hybridized carbons (Fsp3) is 0.500. The number of hydrogen-bond donors (Lipinski definition) is 2. The molecule has 0 aromatic heterocycles. The number of aliphatic carboxylic acids is 1. The molecule has 1 fully saturated rings. The molecule has 1 saturated heterocycles. The van der Waals surface area contributed by atoms with Crippen LogP contribution in [0.2, 0.25) is 0 Å². The maximum absolute atomic E-state index is 12.3. The summed E-state index contributed by atoms with van der Waals surface area (Å²) in [6.45, 7) is 2.29. The van der Waals surface area contributed by atoms with Gasteiger partial charge in [-0.2, -0.15) is 0 Å². The molecule has 0 saturated carbocycles. The molecule has 0 spiro atoms. The SMILES string of the molecule is CCCC(CNC(=O)C1CC(=O)N(c2ccc(OC)cc2)C1)C(=O)O. The zero-order chi connectivity index (χ0) is 18.4. The number of hydrogen-bond acceptors (Lipinski definition) is 4. The van der Waals surface area contributed by atoms with Crippen molar-refractivity contribution >= 4 is 23.5 Å². The van der Waals surface area contributed by atoms with Crippen LogP contribution in [0.1, 0.15) is 26.2 Å². The van der Waals surface area contributed by atoms with Gasteiger partial charge in [-0.1, -0.05) is 13.3 Å². The van der Waals surface area contributed by atoms with Gasteiger partial charge in [-0.3, -0.25) is 14.4 Å². The molecule has 1 aromatic carbocycles. The monoisotopic (exact) mass is 348 g/mol. The number of carbonyl (C=O) groups is 3. The third-order valence-corrected chi connectivity index (χ3v) is 4.39. The predicted molar refractivity (Wildman–Crippen MR) is 92.5 cm³/mol. The third-order valence-electron chi connectivity index (χ3n) is 4.39. The Bertz CT molecular complexity index is 629. The molecule has 1 heterocycles. The molecule has 0 radical (unpaired) electrons. The zero-order valence-electron chi connectivity index (χ0n) is 14.5. The average Bonchev–Trinajstić information content (AvgIpc) is 3.00. The quantitative estimate of drug-likeness (QED) is 0.745. The van der Waals surface area contributed by atoms with E-state index in [4.69, 9.17) is 9.84 Å². The van der Waals surface area contributed by atoms with Gasteiger partial charge in [0, 0.05) is 25.2 Å². The predicted octanol–water partition coefficient (Wildman–Crippen LogP) is 1.67. The van der Waals surface area contributed by atoms with E-state index in [0.717, 1.165) is 12.1 Å². The molecule has 136 valence electrons. The van der Waals surface area contributed by atoms with Crippen LogP contribution in [-0.2, 0) is 14.4 Å². The number of nitrogens with zero attached hydrogens (tertiary/aromatic N) is 1. The van der Waals surface area contributed by atoms with E-state index in [-0.39, 0.29) is 24.8 Å². The van der Waals surface area contributed by atoms with E-state index in [1.54, 1.807) is 36.3 Å². The molecular formula is C18H24N2O5. The molecule has 2 rings (SSSR count). The van der Waals surface area contributed by atoms with Gasteiger partial charge in [-0.15, -0.1) is 0 Å². The van der Waals surface area contributed by atoms with Crippen molar-refractivity contribution in [1.29, 1.82) is 0 Å². The Morgan fingerprint density at radius 1 is 1.36 bits per heavy atom. The van der Waals surface area contributed by atoms with Crippen LogP contribution < -0.4 is 15.0 Å². The van der Waals surface area contributed by atoms with Gasteiger partial charge in [0.1, 0.15) is 5.75 Å². The first kappa shape index (κ1) is 18.8. The number of carbonyl (C=O) groups excluding carboxylic acids is 2. The Labute approximate surface area is 147 Å². The highest BCUT2D eigenvalue weighted by Crippen LogP contribution is 2.27. The van der Waals surface area contributed by atoms with Crippen molar-refractivity contribution < 1.29 is 24.2 Å². The summed E-state index contributed by atoms with van der Waals surface area (Å²) in [6, 6.07) is 7.08. The first-order valence-corrected chi connectivity index (χ1v) is 8.41. The normalized spacial score (nSPS) is 18.1. The van der Waals surface area contributed by atoms with Crippen molar-refractivity contribution in [2.75, 3.05) is 25.1 Å². The number of nitrogens with one attached hydrogen (secondary N) is 1. The number of carboxylic acid groups (broad SMARTS) is 1. The van der Waals surface area contributed by atoms with Crippen LogP contribution in [0.25, 0.3) is 0 Å². The van der Waals surface area contributed by atoms with E-state index in [1.165, 1.54) is 0 Å². The van der Waals surface area contributed by atoms with Gasteiger partial charge in [0.15, 0.2) is 0 Å². The Kier molecular flexibility index (Phi) is 6.38. The summed E-state index contributed by atoms with van der Waals surface area (Å²) in [6.07, 6.45) is 1.38. The largest absolute Gasteiger partial charge is 0.497 e. The number of ether oxygens (including phenoxy) is 1. The van der Waals surface area contributed by atoms with Gasteiger partial charge in [-0.05, 0) is 30.7 Å². The highest BCUT2D eigenvalue weighted by molar-refractivity contribution is 6.00. The minimum absolute atomic E-state index is 0.0925. The Hall–Kier alpha value is -2.57. The maximum Gasteiger partial charge on any atom is 0.308 e. The summed E-state index contributed by atoms with van der Waals surface area (Å²) in [5.41, 5.74) is 0.718. The lowest BCUT2D eigenvalue weighted by molar-refractivity contribution is -0.142. The number of benzene rings is 1. The molecule has 0 bridgehead atoms. The highest BCUT2D eigenvalue weighted by atomic mass is 16.5. The van der Waals surface area contributed by atoms with Crippen LogP contribution in [0.15, 0.2) is 24.3 Å². The van der Waals surface area contributed by atoms with Crippen LogP contribution in [-0.4, -0.2) is 43.1 Å². The number of methoxy groups -OCH3 is 1. The summed E-state index contributed by atoms with van der Waals surface area (Å²) < 4.78 is 5.10. The van der Waals surface area contributed by atoms with Crippen LogP contribution in [0, 0.1) is 11.8 Å². The Morgan fingerprint density at radius 2 is 2.04 bits per heavy atom. The van der Waals surface area contributed by atoms with E-state index >= 15 is 0 Å². The minimum Gasteiger partial charge on any atom is -0.497 e. The molecule has 1 aromatic rings. The number of anilines is 1. The molecule has 1 aliphatic heterocycles. The second-order valence-electron chi connectivity index (χ2n) is 6.17. The lowest BCUT2D eigenvalue weighted by Crippen LogP contribution is -2.37. The van der Waals surface area contributed by atoms with Crippen LogP contribution in [0.4, 0.5) is 5.69 Å². The minimum atomic E-state index is -0.912. The average molecular weight is 348 g/mol. The maximum atomic E-state index is 12.3. The van der Waals surface area contributed by atoms with Gasteiger partial charge in [0.2, 0.25) is 11.8 Å². The van der Waals surface area contributed by atoms with Crippen molar-refractivity contribution in [2.45, 2.75) is 26.2 Å². The molecule has 1 aliphatic rings. The van der Waals surface area contributed by atoms with Crippen molar-refractivity contribution in [3.05, 3.63) is 24.3 Å². The van der Waals surface area contributed by atoms with Crippen LogP contribution in [0.5, 0.6) is 5.75 Å². The van der Waals surface area contributed by atoms with Crippen molar-refractivity contribution in [3.63, 3.8) is 0 Å². The fourth-order valence-corrected chi connectivity index (χ4v) is 2.92. The molecular weight excluding hydrogens is 324 g/mol. The third kappa shape index (κ3) is 4.71. The number of rotatable bonds is 8. The molecule has 2 N–H and O–H groups in total. The van der Waals surface area contributed by atoms with Crippen molar-refractivity contribution in [3.8, 4) is 5.75 Å². The fourth-order valence-electron chi connectivity index (χ4n) is 2.92. The van der Waals surface area contributed by atoms with E-state index < -0.39 is 17.8 Å². The Balaban J connectivity index is 1.94. The van der Waals surface area contributed by atoms with Gasteiger partial charge < -0.3 is 20.1 Å². The van der Waals surface area contributed by atoms with Gasteiger partial charge >= 0.3 is 5.97 Å². The first-order valence-electron chi connectivity index (χ1n) is 8.41. The molecule has 2 amide bonds. The van der Waals surface area contributed by atoms with E-state index in [0.29, 0.717) is 18.7 Å². The van der Waals surface area contributed by atoms with E-state index in [2.05, 4.69) is 5.32 Å². The number of amides is 2. The highest BCUT2D eigenvalue weighted by Gasteiger charge is 2.35. The van der Waals surface area contributed by atoms with Crippen molar-refractivity contribution in [2.24, 2.45) is 11.8 Å². The van der Waals surface area contributed by atoms with E-state index in [1.807, 2.05) is 6.92 Å². The van der Waals surface area contributed by atoms with Crippen molar-refractivity contribution in [1.82, 2.24) is 5.32 Å². The van der Waals surface area contributed by atoms with Crippen LogP contribution >= 0.6 is 0 Å². The van der Waals surface area contributed by atoms with Gasteiger partial charge in [0.25, 0.3) is 0 Å². The molecule has 0 aliphatic carbocycles. The molecule has 2 unspecified atom stereocenters. The molecule has 25 heavy (non-hydrogen) atoms. The molecule has 2 atom stereocenters. The second kappa shape index (κ2) is 8.50. The van der Waals surface area contributed by atoms with Crippen LogP contribution in [0.3, 0.4) is 0 Å². The summed E-state index contributed by atoms with van der Waals surface area (Å²) in [5, 5.41) is 11.8. The summed E-state index contributed by atoms with van der Waals surface area (Å²) in [7, 11) is 1.57. The smallest absolute Gasteiger partial charge is 0.308 e. The zero-order valence-corrected chi connectivity index (χ0v) is 14.5. The molecule has 7 heteroatoms. The van der Waals surface area contributed by atoms with E-state index in [9.17, 15) is 14.4 Å². The number of carboxylic acids is 1. The standard InChI is InChI=1S/C18H24N2O5/c1-3-4-12(18(23)24)10-19-17(22)13-9-16(21)20(11-13)14-5-7-15(25-2)8-6-14/h5-8,12-13H,3-4,9-11H2,1-2H3,(H,19,22)(H,23,24). The lowest BCUT2D eigenvalue weighted by Gasteiger charge is -2.18.